The Bertz CT molecular complexity index is 529. The molecule has 0 saturated carbocycles. The van der Waals surface area contributed by atoms with Crippen molar-refractivity contribution in [1.29, 1.82) is 0 Å². The second-order valence-corrected chi connectivity index (χ2v) is 7.80. The SMILES string of the molecule is C=CCCC[C@H](CC(=O)O)C(=O)N[C@H](C(=O)N(CCCC=C)C(C)C)C(C)C. The van der Waals surface area contributed by atoms with Gasteiger partial charge in [0.1, 0.15) is 6.04 Å². The molecular weight excluding hydrogens is 356 g/mol. The highest BCUT2D eigenvalue weighted by Gasteiger charge is 2.32. The van der Waals surface area contributed by atoms with Gasteiger partial charge in [-0.25, -0.2) is 0 Å². The lowest BCUT2D eigenvalue weighted by molar-refractivity contribution is -0.143. The van der Waals surface area contributed by atoms with Gasteiger partial charge in [0, 0.05) is 18.5 Å². The molecule has 0 radical (unpaired) electrons. The lowest BCUT2D eigenvalue weighted by Crippen LogP contribution is -2.54. The molecule has 0 aliphatic heterocycles. The lowest BCUT2D eigenvalue weighted by atomic mass is 9.95. The molecule has 0 heterocycles. The van der Waals surface area contributed by atoms with E-state index in [0.29, 0.717) is 19.4 Å². The van der Waals surface area contributed by atoms with E-state index in [2.05, 4.69) is 18.5 Å². The summed E-state index contributed by atoms with van der Waals surface area (Å²) in [4.78, 5) is 38.8. The first-order chi connectivity index (χ1) is 13.1. The van der Waals surface area contributed by atoms with Crippen molar-refractivity contribution < 1.29 is 19.5 Å². The van der Waals surface area contributed by atoms with Gasteiger partial charge in [0.2, 0.25) is 11.8 Å². The molecule has 0 fully saturated rings. The fraction of sp³-hybridized carbons (Fsp3) is 0.682. The maximum atomic E-state index is 13.1. The minimum absolute atomic E-state index is 0.0119. The molecule has 0 rings (SSSR count). The molecule has 160 valence electrons. The number of unbranched alkanes of at least 4 members (excludes halogenated alkanes) is 2. The summed E-state index contributed by atoms with van der Waals surface area (Å²) in [5.74, 6) is -2.26. The molecule has 2 atom stereocenters. The summed E-state index contributed by atoms with van der Waals surface area (Å²) in [5, 5.41) is 12.0. The number of rotatable bonds is 15. The second kappa shape index (κ2) is 14.0. The topological polar surface area (TPSA) is 86.7 Å². The van der Waals surface area contributed by atoms with Crippen LogP contribution in [0.1, 0.15) is 66.2 Å². The number of nitrogens with zero attached hydrogens (tertiary/aromatic N) is 1. The number of hydrogen-bond donors (Lipinski definition) is 2. The third-order valence-electron chi connectivity index (χ3n) is 4.70. The monoisotopic (exact) mass is 394 g/mol. The fourth-order valence-corrected chi connectivity index (χ4v) is 3.04. The summed E-state index contributed by atoms with van der Waals surface area (Å²) in [6.45, 7) is 15.6. The van der Waals surface area contributed by atoms with E-state index in [1.165, 1.54) is 0 Å². The van der Waals surface area contributed by atoms with Crippen LogP contribution in [-0.4, -0.2) is 46.4 Å². The number of aliphatic carboxylic acids is 1. The molecule has 28 heavy (non-hydrogen) atoms. The van der Waals surface area contributed by atoms with Gasteiger partial charge in [-0.05, 0) is 51.9 Å². The van der Waals surface area contributed by atoms with E-state index < -0.39 is 17.9 Å². The summed E-state index contributed by atoms with van der Waals surface area (Å²) in [7, 11) is 0. The quantitative estimate of drug-likeness (QED) is 0.327. The van der Waals surface area contributed by atoms with Crippen LogP contribution in [0.2, 0.25) is 0 Å². The Labute approximate surface area is 170 Å². The smallest absolute Gasteiger partial charge is 0.304 e. The van der Waals surface area contributed by atoms with Crippen molar-refractivity contribution in [3.8, 4) is 0 Å². The van der Waals surface area contributed by atoms with Crippen molar-refractivity contribution in [2.75, 3.05) is 6.54 Å². The minimum atomic E-state index is -1.01. The highest BCUT2D eigenvalue weighted by molar-refractivity contribution is 5.90. The Hall–Kier alpha value is -2.11. The number of allylic oxidation sites excluding steroid dienone is 2. The van der Waals surface area contributed by atoms with Gasteiger partial charge in [0.25, 0.3) is 0 Å². The van der Waals surface area contributed by atoms with Gasteiger partial charge < -0.3 is 15.3 Å². The van der Waals surface area contributed by atoms with E-state index in [9.17, 15) is 14.4 Å². The first kappa shape index (κ1) is 25.9. The van der Waals surface area contributed by atoms with Crippen molar-refractivity contribution >= 4 is 17.8 Å². The van der Waals surface area contributed by atoms with Gasteiger partial charge in [-0.3, -0.25) is 14.4 Å². The molecule has 2 N–H and O–H groups in total. The molecule has 6 nitrogen and oxygen atoms in total. The van der Waals surface area contributed by atoms with Crippen LogP contribution in [-0.2, 0) is 14.4 Å². The first-order valence-electron chi connectivity index (χ1n) is 10.2. The lowest BCUT2D eigenvalue weighted by Gasteiger charge is -2.33. The number of nitrogens with one attached hydrogen (secondary N) is 1. The summed E-state index contributed by atoms with van der Waals surface area (Å²) in [6.07, 6.45) is 6.83. The molecule has 0 bridgehead atoms. The Morgan fingerprint density at radius 3 is 2.07 bits per heavy atom. The number of hydrogen-bond acceptors (Lipinski definition) is 3. The third-order valence-corrected chi connectivity index (χ3v) is 4.70. The van der Waals surface area contributed by atoms with Crippen LogP contribution in [0.4, 0.5) is 0 Å². The minimum Gasteiger partial charge on any atom is -0.481 e. The summed E-state index contributed by atoms with van der Waals surface area (Å²) in [6, 6.07) is -0.660. The van der Waals surface area contributed by atoms with Gasteiger partial charge in [0.15, 0.2) is 0 Å². The summed E-state index contributed by atoms with van der Waals surface area (Å²) >= 11 is 0. The Morgan fingerprint density at radius 2 is 1.61 bits per heavy atom. The van der Waals surface area contributed by atoms with Gasteiger partial charge in [-0.1, -0.05) is 26.0 Å². The highest BCUT2D eigenvalue weighted by atomic mass is 16.4. The number of carboxylic acid groups (broad SMARTS) is 1. The van der Waals surface area contributed by atoms with Crippen molar-refractivity contribution in [2.45, 2.75) is 78.3 Å². The maximum Gasteiger partial charge on any atom is 0.304 e. The first-order valence-corrected chi connectivity index (χ1v) is 10.2. The molecule has 0 aliphatic rings. The molecule has 0 aromatic rings. The van der Waals surface area contributed by atoms with Crippen LogP contribution in [0, 0.1) is 11.8 Å². The number of carbonyl (C=O) groups excluding carboxylic acids is 2. The zero-order valence-corrected chi connectivity index (χ0v) is 17.9. The predicted octanol–water partition coefficient (Wildman–Crippen LogP) is 3.78. The third kappa shape index (κ3) is 9.72. The summed E-state index contributed by atoms with van der Waals surface area (Å²) in [5.41, 5.74) is 0. The molecule has 0 aromatic heterocycles. The van der Waals surface area contributed by atoms with Crippen LogP contribution in [0.5, 0.6) is 0 Å². The van der Waals surface area contributed by atoms with Crippen LogP contribution in [0.3, 0.4) is 0 Å². The van der Waals surface area contributed by atoms with Crippen LogP contribution in [0.15, 0.2) is 25.3 Å². The molecule has 0 aromatic carbocycles. The molecule has 0 spiro atoms. The fourth-order valence-electron chi connectivity index (χ4n) is 3.04. The van der Waals surface area contributed by atoms with Gasteiger partial charge in [-0.2, -0.15) is 0 Å². The standard InChI is InChI=1S/C22H38N2O4/c1-7-9-11-13-18(15-19(25)26)21(27)23-20(16(3)4)22(28)24(17(5)6)14-12-10-8-2/h7-8,16-18,20H,1-2,9-15H2,3-6H3,(H,23,27)(H,25,26)/t18-,20+/m1/s1. The van der Waals surface area contributed by atoms with Gasteiger partial charge in [-0.15, -0.1) is 13.2 Å². The highest BCUT2D eigenvalue weighted by Crippen LogP contribution is 2.17. The Morgan fingerprint density at radius 1 is 1.04 bits per heavy atom. The van der Waals surface area contributed by atoms with Gasteiger partial charge in [0.05, 0.1) is 6.42 Å². The van der Waals surface area contributed by atoms with Crippen LogP contribution >= 0.6 is 0 Å². The van der Waals surface area contributed by atoms with Crippen molar-refractivity contribution in [2.24, 2.45) is 11.8 Å². The predicted molar refractivity (Wildman–Crippen MR) is 113 cm³/mol. The van der Waals surface area contributed by atoms with Crippen LogP contribution in [0.25, 0.3) is 0 Å². The van der Waals surface area contributed by atoms with Crippen LogP contribution < -0.4 is 5.32 Å². The Balaban J connectivity index is 5.26. The van der Waals surface area contributed by atoms with E-state index in [-0.39, 0.29) is 30.2 Å². The second-order valence-electron chi connectivity index (χ2n) is 7.80. The van der Waals surface area contributed by atoms with Crippen molar-refractivity contribution in [3.05, 3.63) is 25.3 Å². The van der Waals surface area contributed by atoms with E-state index in [0.717, 1.165) is 19.3 Å². The Kier molecular flexibility index (Phi) is 12.9. The molecule has 6 heteroatoms. The number of amides is 2. The van der Waals surface area contributed by atoms with E-state index in [4.69, 9.17) is 5.11 Å². The average Bonchev–Trinajstić information content (AvgIpc) is 2.61. The zero-order chi connectivity index (χ0) is 21.7. The molecule has 0 saturated heterocycles. The summed E-state index contributed by atoms with van der Waals surface area (Å²) < 4.78 is 0. The molecular formula is C22H38N2O4. The van der Waals surface area contributed by atoms with Gasteiger partial charge >= 0.3 is 5.97 Å². The number of carbonyl (C=O) groups is 3. The number of carboxylic acids is 1. The molecule has 2 amide bonds. The van der Waals surface area contributed by atoms with E-state index in [1.54, 1.807) is 11.0 Å². The molecule has 0 aliphatic carbocycles. The van der Waals surface area contributed by atoms with Crippen molar-refractivity contribution in [3.63, 3.8) is 0 Å². The maximum absolute atomic E-state index is 13.1. The largest absolute Gasteiger partial charge is 0.481 e. The average molecular weight is 395 g/mol. The van der Waals surface area contributed by atoms with E-state index in [1.807, 2.05) is 33.8 Å². The van der Waals surface area contributed by atoms with Crippen molar-refractivity contribution in [1.82, 2.24) is 10.2 Å². The van der Waals surface area contributed by atoms with E-state index >= 15 is 0 Å². The molecule has 0 unspecified atom stereocenters. The zero-order valence-electron chi connectivity index (χ0n) is 17.9. The normalized spacial score (nSPS) is 13.1.